The lowest BCUT2D eigenvalue weighted by molar-refractivity contribution is -0.140. The van der Waals surface area contributed by atoms with E-state index in [9.17, 15) is 23.6 Å². The highest BCUT2D eigenvalue weighted by atomic mass is 31.2. The number of rotatable bonds is 46. The standard InChI is InChI=1S/C30H59O6P.C18H35O6P/c1-5-7-9-11-13-15-17-19-21-23-25-34-37(32,36-28-27-33-30(31)29(3)4)35-26-24-22-20-18-16-14-12-10-8-6-2;1-4-5-6-7-8-9-10-11-12-13-14-23-25(20,21)24-16-15-22-18(19)17(2)3/h3,5-28H2,1-2,4H3;2,4-16H2,1,3H3,(H,20,21). The van der Waals surface area contributed by atoms with Crippen molar-refractivity contribution in [3.8, 4) is 0 Å². The Morgan fingerprint density at radius 2 is 0.597 bits per heavy atom. The fraction of sp³-hybridized carbons (Fsp3) is 0.875. The monoisotopic (exact) mass is 925 g/mol. The van der Waals surface area contributed by atoms with E-state index in [-0.39, 0.29) is 38.6 Å². The second kappa shape index (κ2) is 46.2. The summed E-state index contributed by atoms with van der Waals surface area (Å²) in [4.78, 5) is 32.1. The molecule has 1 unspecified atom stereocenters. The number of esters is 2. The molecular formula is C48H94O12P2. The molecule has 14 heteroatoms. The first kappa shape index (κ1) is 62.7. The summed E-state index contributed by atoms with van der Waals surface area (Å²) in [5.41, 5.74) is 0.585. The van der Waals surface area contributed by atoms with E-state index >= 15 is 0 Å². The van der Waals surface area contributed by atoms with E-state index in [2.05, 4.69) is 33.9 Å². The minimum atomic E-state index is -4.07. The van der Waals surface area contributed by atoms with Gasteiger partial charge in [-0.1, -0.05) is 207 Å². The van der Waals surface area contributed by atoms with Gasteiger partial charge in [-0.2, -0.15) is 0 Å². The number of hydrogen-bond donors (Lipinski definition) is 1. The molecule has 0 heterocycles. The van der Waals surface area contributed by atoms with Gasteiger partial charge in [-0.3, -0.25) is 22.6 Å². The Kier molecular flexibility index (Phi) is 46.7. The van der Waals surface area contributed by atoms with Gasteiger partial charge >= 0.3 is 27.6 Å². The molecule has 12 nitrogen and oxygen atoms in total. The van der Waals surface area contributed by atoms with Crippen molar-refractivity contribution in [2.24, 2.45) is 0 Å². The number of carbonyl (C=O) groups excluding carboxylic acids is 2. The number of ether oxygens (including phenoxy) is 2. The van der Waals surface area contributed by atoms with Crippen molar-refractivity contribution < 1.29 is 55.7 Å². The molecular weight excluding hydrogens is 830 g/mol. The second-order valence-corrected chi connectivity index (χ2v) is 19.6. The maximum Gasteiger partial charge on any atom is 0.474 e. The second-order valence-electron chi connectivity index (χ2n) is 16.5. The van der Waals surface area contributed by atoms with Crippen molar-refractivity contribution in [1.82, 2.24) is 0 Å². The van der Waals surface area contributed by atoms with Gasteiger partial charge in [0.2, 0.25) is 0 Å². The predicted molar refractivity (Wildman–Crippen MR) is 254 cm³/mol. The minimum Gasteiger partial charge on any atom is -0.460 e. The molecule has 0 bridgehead atoms. The molecule has 0 amide bonds. The van der Waals surface area contributed by atoms with Crippen LogP contribution < -0.4 is 0 Å². The quantitative estimate of drug-likeness (QED) is 0.0267. The Morgan fingerprint density at radius 1 is 0.371 bits per heavy atom. The van der Waals surface area contributed by atoms with Crippen LogP contribution in [-0.2, 0) is 50.8 Å². The number of hydrogen-bond acceptors (Lipinski definition) is 11. The molecule has 1 atom stereocenters. The zero-order valence-electron chi connectivity index (χ0n) is 40.4. The van der Waals surface area contributed by atoms with Gasteiger partial charge in [0.05, 0.1) is 33.0 Å². The fourth-order valence-electron chi connectivity index (χ4n) is 6.27. The summed E-state index contributed by atoms with van der Waals surface area (Å²) in [7, 11) is -7.74. The van der Waals surface area contributed by atoms with Gasteiger partial charge in [-0.05, 0) is 33.1 Å². The van der Waals surface area contributed by atoms with Crippen molar-refractivity contribution in [2.75, 3.05) is 46.2 Å². The van der Waals surface area contributed by atoms with Crippen LogP contribution in [0.1, 0.15) is 227 Å². The molecule has 1 N–H and O–H groups in total. The lowest BCUT2D eigenvalue weighted by Gasteiger charge is -2.18. The topological polar surface area (TPSA) is 153 Å². The summed E-state index contributed by atoms with van der Waals surface area (Å²) in [6.07, 6.45) is 36.3. The van der Waals surface area contributed by atoms with Crippen molar-refractivity contribution >= 4 is 27.6 Å². The first-order valence-electron chi connectivity index (χ1n) is 24.6. The Bertz CT molecular complexity index is 1130. The molecule has 0 fully saturated rings. The van der Waals surface area contributed by atoms with Crippen molar-refractivity contribution in [1.29, 1.82) is 0 Å². The molecule has 0 radical (unpaired) electrons. The van der Waals surface area contributed by atoms with E-state index < -0.39 is 27.6 Å². The van der Waals surface area contributed by atoms with Gasteiger partial charge in [0.1, 0.15) is 13.2 Å². The van der Waals surface area contributed by atoms with Crippen LogP contribution in [0.4, 0.5) is 0 Å². The Hall–Kier alpha value is -1.36. The highest BCUT2D eigenvalue weighted by Crippen LogP contribution is 2.49. The highest BCUT2D eigenvalue weighted by Gasteiger charge is 2.26. The molecule has 0 aliphatic carbocycles. The average molecular weight is 925 g/mol. The Morgan fingerprint density at radius 3 is 0.887 bits per heavy atom. The van der Waals surface area contributed by atoms with E-state index in [1.807, 2.05) is 0 Å². The molecule has 0 aliphatic rings. The van der Waals surface area contributed by atoms with Gasteiger partial charge in [-0.25, -0.2) is 18.7 Å². The van der Waals surface area contributed by atoms with Crippen LogP contribution in [-0.4, -0.2) is 63.1 Å². The van der Waals surface area contributed by atoms with Gasteiger partial charge in [0.15, 0.2) is 0 Å². The molecule has 368 valence electrons. The third-order valence-corrected chi connectivity index (χ3v) is 12.6. The summed E-state index contributed by atoms with van der Waals surface area (Å²) in [5.74, 6) is -1.04. The molecule has 0 aliphatic heterocycles. The van der Waals surface area contributed by atoms with Crippen LogP contribution in [0, 0.1) is 0 Å². The molecule has 62 heavy (non-hydrogen) atoms. The SMILES string of the molecule is C=C(C)C(=O)OCCOP(=O)(O)OCCCCCCCCCCCC.C=C(C)C(=O)OCCOP(=O)(OCCCCCCCCCCCC)OCCCCCCCCCCCC. The maximum atomic E-state index is 13.1. The van der Waals surface area contributed by atoms with Crippen LogP contribution in [0.3, 0.4) is 0 Å². The summed E-state index contributed by atoms with van der Waals surface area (Å²) in [5, 5.41) is 0. The zero-order valence-corrected chi connectivity index (χ0v) is 42.2. The predicted octanol–water partition coefficient (Wildman–Crippen LogP) is 15.3. The number of carbonyl (C=O) groups is 2. The smallest absolute Gasteiger partial charge is 0.460 e. The summed E-state index contributed by atoms with van der Waals surface area (Å²) in [6.45, 7) is 17.3. The van der Waals surface area contributed by atoms with Gasteiger partial charge < -0.3 is 14.4 Å². The summed E-state index contributed by atoms with van der Waals surface area (Å²) < 4.78 is 60.7. The molecule has 0 rings (SSSR count). The summed E-state index contributed by atoms with van der Waals surface area (Å²) in [6, 6.07) is 0. The molecule has 0 aromatic rings. The number of phosphoric acid groups is 2. The van der Waals surface area contributed by atoms with Crippen molar-refractivity contribution in [3.63, 3.8) is 0 Å². The first-order valence-corrected chi connectivity index (χ1v) is 27.6. The first-order chi connectivity index (χ1) is 29.8. The third kappa shape index (κ3) is 46.6. The normalized spacial score (nSPS) is 12.4. The molecule has 0 saturated heterocycles. The van der Waals surface area contributed by atoms with E-state index in [1.54, 1.807) is 6.92 Å². The van der Waals surface area contributed by atoms with Crippen LogP contribution in [0.25, 0.3) is 0 Å². The molecule has 0 spiro atoms. The molecule has 0 aromatic heterocycles. The van der Waals surface area contributed by atoms with E-state index in [1.165, 1.54) is 155 Å². The fourth-order valence-corrected chi connectivity index (χ4v) is 8.23. The lowest BCUT2D eigenvalue weighted by Crippen LogP contribution is -2.12. The van der Waals surface area contributed by atoms with Crippen LogP contribution in [0.15, 0.2) is 24.3 Å². The minimum absolute atomic E-state index is 0.0150. The van der Waals surface area contributed by atoms with Gasteiger partial charge in [0.25, 0.3) is 0 Å². The summed E-state index contributed by atoms with van der Waals surface area (Å²) >= 11 is 0. The average Bonchev–Trinajstić information content (AvgIpc) is 3.24. The van der Waals surface area contributed by atoms with E-state index in [4.69, 9.17) is 32.1 Å². The van der Waals surface area contributed by atoms with Crippen LogP contribution in [0.5, 0.6) is 0 Å². The van der Waals surface area contributed by atoms with Crippen molar-refractivity contribution in [3.05, 3.63) is 24.3 Å². The number of unbranched alkanes of at least 4 members (excludes halogenated alkanes) is 27. The van der Waals surface area contributed by atoms with Crippen molar-refractivity contribution in [2.45, 2.75) is 227 Å². The zero-order chi connectivity index (χ0) is 46.4. The van der Waals surface area contributed by atoms with E-state index in [0.717, 1.165) is 44.9 Å². The number of phosphoric ester groups is 2. The Labute approximate surface area is 380 Å². The van der Waals surface area contributed by atoms with Crippen LogP contribution in [0.2, 0.25) is 0 Å². The highest BCUT2D eigenvalue weighted by molar-refractivity contribution is 7.48. The largest absolute Gasteiger partial charge is 0.474 e. The van der Waals surface area contributed by atoms with Gasteiger partial charge in [-0.15, -0.1) is 0 Å². The van der Waals surface area contributed by atoms with Crippen LogP contribution >= 0.6 is 15.6 Å². The maximum absolute atomic E-state index is 13.1. The molecule has 0 aromatic carbocycles. The lowest BCUT2D eigenvalue weighted by atomic mass is 10.1. The van der Waals surface area contributed by atoms with Gasteiger partial charge in [0, 0.05) is 11.1 Å². The Balaban J connectivity index is 0. The molecule has 0 saturated carbocycles. The van der Waals surface area contributed by atoms with E-state index in [0.29, 0.717) is 18.8 Å². The third-order valence-electron chi connectivity index (χ3n) is 10.1.